The van der Waals surface area contributed by atoms with Crippen LogP contribution >= 0.6 is 0 Å². The third-order valence-electron chi connectivity index (χ3n) is 2.99. The molecule has 0 aliphatic rings. The Morgan fingerprint density at radius 1 is 1.10 bits per heavy atom. The van der Waals surface area contributed by atoms with E-state index in [1.807, 2.05) is 50.4 Å². The smallest absolute Gasteiger partial charge is 0.142 e. The maximum absolute atomic E-state index is 5.89. The zero-order valence-electron chi connectivity index (χ0n) is 12.1. The number of para-hydroxylation sites is 1. The topological polar surface area (TPSA) is 43.4 Å². The maximum Gasteiger partial charge on any atom is 0.142 e. The van der Waals surface area contributed by atoms with Crippen molar-refractivity contribution >= 4 is 0 Å². The molecular weight excluding hydrogens is 252 g/mol. The number of hydrogen-bond acceptors (Lipinski definition) is 4. The molecule has 2 aromatic rings. The van der Waals surface area contributed by atoms with E-state index in [0.29, 0.717) is 13.2 Å². The van der Waals surface area contributed by atoms with Crippen LogP contribution in [0.5, 0.6) is 11.5 Å². The number of aromatic nitrogens is 1. The minimum Gasteiger partial charge on any atom is -0.496 e. The number of pyridine rings is 1. The van der Waals surface area contributed by atoms with Gasteiger partial charge in [-0.1, -0.05) is 18.2 Å². The van der Waals surface area contributed by atoms with Gasteiger partial charge in [0.15, 0.2) is 0 Å². The lowest BCUT2D eigenvalue weighted by molar-refractivity contribution is 0.291. The second-order valence-electron chi connectivity index (χ2n) is 4.53. The van der Waals surface area contributed by atoms with Crippen molar-refractivity contribution in [1.82, 2.24) is 10.3 Å². The Labute approximate surface area is 119 Å². The van der Waals surface area contributed by atoms with Crippen LogP contribution in [0.3, 0.4) is 0 Å². The molecule has 0 aliphatic heterocycles. The van der Waals surface area contributed by atoms with E-state index in [2.05, 4.69) is 10.3 Å². The van der Waals surface area contributed by atoms with Crippen molar-refractivity contribution in [1.29, 1.82) is 0 Å². The van der Waals surface area contributed by atoms with E-state index in [4.69, 9.17) is 9.47 Å². The van der Waals surface area contributed by atoms with Gasteiger partial charge in [-0.15, -0.1) is 0 Å². The lowest BCUT2D eigenvalue weighted by Crippen LogP contribution is -2.10. The third kappa shape index (κ3) is 3.48. The molecule has 0 spiro atoms. The van der Waals surface area contributed by atoms with Crippen molar-refractivity contribution in [3.05, 3.63) is 53.3 Å². The summed E-state index contributed by atoms with van der Waals surface area (Å²) in [7, 11) is 3.56. The third-order valence-corrected chi connectivity index (χ3v) is 2.99. The summed E-state index contributed by atoms with van der Waals surface area (Å²) in [5.74, 6) is 1.64. The molecule has 1 N–H and O–H groups in total. The van der Waals surface area contributed by atoms with Gasteiger partial charge in [-0.3, -0.25) is 4.98 Å². The predicted octanol–water partition coefficient (Wildman–Crippen LogP) is 2.70. The summed E-state index contributed by atoms with van der Waals surface area (Å²) in [6.07, 6.45) is 0. The normalized spacial score (nSPS) is 10.3. The SMILES string of the molecule is CNCc1nc(C)ccc1OCc1ccccc1OC. The summed E-state index contributed by atoms with van der Waals surface area (Å²) in [4.78, 5) is 4.50. The number of ether oxygens (including phenoxy) is 2. The zero-order valence-corrected chi connectivity index (χ0v) is 12.1. The van der Waals surface area contributed by atoms with Gasteiger partial charge < -0.3 is 14.8 Å². The van der Waals surface area contributed by atoms with Crippen LogP contribution in [0.15, 0.2) is 36.4 Å². The molecule has 4 nitrogen and oxygen atoms in total. The molecule has 0 atom stereocenters. The van der Waals surface area contributed by atoms with Gasteiger partial charge in [0.25, 0.3) is 0 Å². The lowest BCUT2D eigenvalue weighted by atomic mass is 10.2. The van der Waals surface area contributed by atoms with E-state index in [1.165, 1.54) is 0 Å². The predicted molar refractivity (Wildman–Crippen MR) is 79.1 cm³/mol. The Bertz CT molecular complexity index is 570. The molecule has 1 heterocycles. The standard InChI is InChI=1S/C16H20N2O2/c1-12-8-9-16(14(18-12)10-17-2)20-11-13-6-4-5-7-15(13)19-3/h4-9,17H,10-11H2,1-3H3. The summed E-state index contributed by atoms with van der Waals surface area (Å²) in [5.41, 5.74) is 2.92. The van der Waals surface area contributed by atoms with Crippen LogP contribution in [-0.2, 0) is 13.2 Å². The molecular formula is C16H20N2O2. The number of methoxy groups -OCH3 is 1. The molecule has 20 heavy (non-hydrogen) atoms. The van der Waals surface area contributed by atoms with Crippen molar-refractivity contribution in [2.45, 2.75) is 20.1 Å². The molecule has 0 saturated carbocycles. The van der Waals surface area contributed by atoms with Crippen LogP contribution in [0, 0.1) is 6.92 Å². The van der Waals surface area contributed by atoms with Gasteiger partial charge in [0.05, 0.1) is 12.8 Å². The number of nitrogens with one attached hydrogen (secondary N) is 1. The van der Waals surface area contributed by atoms with Gasteiger partial charge in [-0.25, -0.2) is 0 Å². The monoisotopic (exact) mass is 272 g/mol. The minimum atomic E-state index is 0.464. The maximum atomic E-state index is 5.89. The van der Waals surface area contributed by atoms with E-state index >= 15 is 0 Å². The second-order valence-corrected chi connectivity index (χ2v) is 4.53. The van der Waals surface area contributed by atoms with Gasteiger partial charge in [0, 0.05) is 17.8 Å². The first-order valence-electron chi connectivity index (χ1n) is 6.60. The van der Waals surface area contributed by atoms with Crippen LogP contribution in [0.2, 0.25) is 0 Å². The van der Waals surface area contributed by atoms with Crippen molar-refractivity contribution < 1.29 is 9.47 Å². The molecule has 1 aromatic heterocycles. The molecule has 0 unspecified atom stereocenters. The highest BCUT2D eigenvalue weighted by Gasteiger charge is 2.07. The highest BCUT2D eigenvalue weighted by Crippen LogP contribution is 2.22. The fraction of sp³-hybridized carbons (Fsp3) is 0.312. The van der Waals surface area contributed by atoms with Crippen LogP contribution < -0.4 is 14.8 Å². The first-order chi connectivity index (χ1) is 9.74. The molecule has 0 saturated heterocycles. The average molecular weight is 272 g/mol. The zero-order chi connectivity index (χ0) is 14.4. The summed E-state index contributed by atoms with van der Waals surface area (Å²) in [6, 6.07) is 11.8. The fourth-order valence-electron chi connectivity index (χ4n) is 2.00. The van der Waals surface area contributed by atoms with Crippen LogP contribution in [-0.4, -0.2) is 19.1 Å². The van der Waals surface area contributed by atoms with E-state index in [1.54, 1.807) is 7.11 Å². The second kappa shape index (κ2) is 6.91. The van der Waals surface area contributed by atoms with Crippen molar-refractivity contribution in [3.63, 3.8) is 0 Å². The molecule has 0 amide bonds. The van der Waals surface area contributed by atoms with Gasteiger partial charge in [0.2, 0.25) is 0 Å². The number of benzene rings is 1. The first kappa shape index (κ1) is 14.3. The summed E-state index contributed by atoms with van der Waals surface area (Å²) in [6.45, 7) is 3.12. The number of hydrogen-bond donors (Lipinski definition) is 1. The largest absolute Gasteiger partial charge is 0.496 e. The Balaban J connectivity index is 2.14. The highest BCUT2D eigenvalue weighted by atomic mass is 16.5. The van der Waals surface area contributed by atoms with Crippen molar-refractivity contribution in [2.24, 2.45) is 0 Å². The Morgan fingerprint density at radius 2 is 1.90 bits per heavy atom. The molecule has 0 radical (unpaired) electrons. The molecule has 0 fully saturated rings. The minimum absolute atomic E-state index is 0.464. The first-order valence-corrected chi connectivity index (χ1v) is 6.60. The fourth-order valence-corrected chi connectivity index (χ4v) is 2.00. The molecule has 0 aliphatic carbocycles. The molecule has 106 valence electrons. The van der Waals surface area contributed by atoms with Crippen LogP contribution in [0.1, 0.15) is 17.0 Å². The Hall–Kier alpha value is -2.07. The molecule has 0 bridgehead atoms. The van der Waals surface area contributed by atoms with E-state index in [0.717, 1.165) is 28.5 Å². The van der Waals surface area contributed by atoms with Gasteiger partial charge in [-0.05, 0) is 32.2 Å². The number of rotatable bonds is 6. The molecule has 1 aromatic carbocycles. The van der Waals surface area contributed by atoms with E-state index in [9.17, 15) is 0 Å². The summed E-state index contributed by atoms with van der Waals surface area (Å²) < 4.78 is 11.2. The van der Waals surface area contributed by atoms with Gasteiger partial charge >= 0.3 is 0 Å². The molecule has 2 rings (SSSR count). The summed E-state index contributed by atoms with van der Waals surface area (Å²) in [5, 5.41) is 3.11. The Morgan fingerprint density at radius 3 is 2.65 bits per heavy atom. The highest BCUT2D eigenvalue weighted by molar-refractivity contribution is 5.34. The molecule has 4 heteroatoms. The Kier molecular flexibility index (Phi) is 4.96. The van der Waals surface area contributed by atoms with Crippen molar-refractivity contribution in [2.75, 3.05) is 14.2 Å². The lowest BCUT2D eigenvalue weighted by Gasteiger charge is -2.13. The van der Waals surface area contributed by atoms with E-state index in [-0.39, 0.29) is 0 Å². The van der Waals surface area contributed by atoms with Gasteiger partial charge in [0.1, 0.15) is 18.1 Å². The quantitative estimate of drug-likeness (QED) is 0.878. The van der Waals surface area contributed by atoms with Crippen LogP contribution in [0.4, 0.5) is 0 Å². The summed E-state index contributed by atoms with van der Waals surface area (Å²) >= 11 is 0. The average Bonchev–Trinajstić information content (AvgIpc) is 2.47. The number of aryl methyl sites for hydroxylation is 1. The van der Waals surface area contributed by atoms with Crippen LogP contribution in [0.25, 0.3) is 0 Å². The van der Waals surface area contributed by atoms with Crippen molar-refractivity contribution in [3.8, 4) is 11.5 Å². The van der Waals surface area contributed by atoms with E-state index < -0.39 is 0 Å². The van der Waals surface area contributed by atoms with Gasteiger partial charge in [-0.2, -0.15) is 0 Å². The number of nitrogens with zero attached hydrogens (tertiary/aromatic N) is 1.